The number of nitrogens with two attached hydrogens (primary N) is 1. The second kappa shape index (κ2) is 8.58. The van der Waals surface area contributed by atoms with Crippen molar-refractivity contribution in [2.45, 2.75) is 31.8 Å². The predicted molar refractivity (Wildman–Crippen MR) is 127 cm³/mol. The van der Waals surface area contributed by atoms with Crippen LogP contribution in [0.2, 0.25) is 5.02 Å². The molecule has 5 rings (SSSR count). The zero-order valence-electron chi connectivity index (χ0n) is 18.8. The van der Waals surface area contributed by atoms with Gasteiger partial charge in [-0.05, 0) is 37.1 Å². The van der Waals surface area contributed by atoms with Crippen LogP contribution in [-0.2, 0) is 11.8 Å². The van der Waals surface area contributed by atoms with Crippen molar-refractivity contribution in [3.05, 3.63) is 45.7 Å². The largest absolute Gasteiger partial charge is 0.481 e. The Morgan fingerprint density at radius 2 is 2.09 bits per heavy atom. The number of carboxylic acids is 1. The summed E-state index contributed by atoms with van der Waals surface area (Å²) in [7, 11) is 1.62. The minimum absolute atomic E-state index is 0.154. The van der Waals surface area contributed by atoms with E-state index in [4.69, 9.17) is 22.3 Å². The van der Waals surface area contributed by atoms with E-state index < -0.39 is 17.9 Å². The van der Waals surface area contributed by atoms with Gasteiger partial charge in [-0.2, -0.15) is 4.80 Å². The molecule has 35 heavy (non-hydrogen) atoms. The molecule has 0 aliphatic heterocycles. The van der Waals surface area contributed by atoms with Crippen LogP contribution >= 0.6 is 11.6 Å². The lowest BCUT2D eigenvalue weighted by molar-refractivity contribution is -0.146. The van der Waals surface area contributed by atoms with Gasteiger partial charge in [0.25, 0.3) is 5.56 Å². The van der Waals surface area contributed by atoms with E-state index in [-0.39, 0.29) is 28.3 Å². The van der Waals surface area contributed by atoms with E-state index in [1.54, 1.807) is 25.2 Å². The van der Waals surface area contributed by atoms with Crippen molar-refractivity contribution in [3.8, 4) is 11.4 Å². The highest BCUT2D eigenvalue weighted by molar-refractivity contribution is 6.35. The van der Waals surface area contributed by atoms with Crippen LogP contribution in [-0.4, -0.2) is 50.8 Å². The highest BCUT2D eigenvalue weighted by atomic mass is 35.5. The Labute approximate surface area is 203 Å². The average molecular weight is 497 g/mol. The van der Waals surface area contributed by atoms with Crippen molar-refractivity contribution in [2.75, 3.05) is 11.1 Å². The molecule has 1 unspecified atom stereocenters. The maximum Gasteiger partial charge on any atom is 0.306 e. The number of halogens is 1. The lowest BCUT2D eigenvalue weighted by atomic mass is 9.80. The van der Waals surface area contributed by atoms with E-state index in [1.807, 2.05) is 6.92 Å². The molecular formula is C21H21ClN10O3. The molecule has 1 aliphatic rings. The molecule has 1 saturated carbocycles. The Kier molecular flexibility index (Phi) is 5.55. The number of carbonyl (C=O) groups is 1. The predicted octanol–water partition coefficient (Wildman–Crippen LogP) is 1.82. The molecule has 0 radical (unpaired) electrons. The summed E-state index contributed by atoms with van der Waals surface area (Å²) in [5, 5.41) is 25.2. The van der Waals surface area contributed by atoms with E-state index in [0.717, 1.165) is 0 Å². The summed E-state index contributed by atoms with van der Waals surface area (Å²) in [6.45, 7) is 1.81. The number of fused-ring (bicyclic) bond motifs is 1. The molecule has 3 aromatic heterocycles. The normalized spacial score (nSPS) is 18.3. The van der Waals surface area contributed by atoms with Crippen molar-refractivity contribution in [2.24, 2.45) is 13.0 Å². The van der Waals surface area contributed by atoms with Crippen molar-refractivity contribution in [3.63, 3.8) is 0 Å². The summed E-state index contributed by atoms with van der Waals surface area (Å²) in [6.07, 6.45) is 1.94. The molecule has 1 fully saturated rings. The van der Waals surface area contributed by atoms with Crippen LogP contribution in [0.1, 0.15) is 37.7 Å². The Balaban J connectivity index is 1.60. The van der Waals surface area contributed by atoms with Gasteiger partial charge in [-0.3, -0.25) is 14.2 Å². The molecule has 0 amide bonds. The minimum atomic E-state index is -0.883. The van der Waals surface area contributed by atoms with E-state index in [0.29, 0.717) is 41.0 Å². The maximum atomic E-state index is 13.6. The zero-order valence-corrected chi connectivity index (χ0v) is 19.5. The average Bonchev–Trinajstić information content (AvgIpc) is 3.19. The lowest BCUT2D eigenvalue weighted by Crippen LogP contribution is -2.40. The molecule has 3 heterocycles. The maximum absolute atomic E-state index is 13.6. The van der Waals surface area contributed by atoms with E-state index >= 15 is 0 Å². The summed E-state index contributed by atoms with van der Waals surface area (Å²) < 4.78 is 1.54. The van der Waals surface area contributed by atoms with E-state index in [1.165, 1.54) is 15.7 Å². The number of nitrogen functional groups attached to an aromatic ring is 1. The van der Waals surface area contributed by atoms with Gasteiger partial charge >= 0.3 is 5.97 Å². The van der Waals surface area contributed by atoms with Crippen LogP contribution in [0.25, 0.3) is 22.3 Å². The molecule has 4 aromatic rings. The van der Waals surface area contributed by atoms with Crippen molar-refractivity contribution < 1.29 is 9.90 Å². The molecule has 13 nitrogen and oxygen atoms in total. The number of hydrogen-bond donors (Lipinski definition) is 3. The number of anilines is 2. The first kappa shape index (κ1) is 22.7. The summed E-state index contributed by atoms with van der Waals surface area (Å²) >= 11 is 6.33. The third kappa shape index (κ3) is 3.93. The number of carboxylic acid groups (broad SMARTS) is 1. The number of hydrogen-bond acceptors (Lipinski definition) is 10. The lowest BCUT2D eigenvalue weighted by Gasteiger charge is -2.36. The van der Waals surface area contributed by atoms with Gasteiger partial charge in [0, 0.05) is 6.04 Å². The third-order valence-corrected chi connectivity index (χ3v) is 6.40. The molecule has 14 heteroatoms. The molecular weight excluding hydrogens is 476 g/mol. The van der Waals surface area contributed by atoms with Gasteiger partial charge in [-0.15, -0.1) is 10.2 Å². The van der Waals surface area contributed by atoms with Crippen molar-refractivity contribution in [1.29, 1.82) is 0 Å². The van der Waals surface area contributed by atoms with E-state index in [2.05, 4.69) is 30.7 Å². The summed E-state index contributed by atoms with van der Waals surface area (Å²) in [5.41, 5.74) is 6.57. The molecule has 1 aliphatic carbocycles. The molecule has 1 aromatic carbocycles. The van der Waals surface area contributed by atoms with Crippen LogP contribution in [0.5, 0.6) is 0 Å². The van der Waals surface area contributed by atoms with Gasteiger partial charge in [-0.1, -0.05) is 17.7 Å². The number of nitrogens with zero attached hydrogens (tertiary/aromatic N) is 8. The fourth-order valence-electron chi connectivity index (χ4n) is 4.26. The van der Waals surface area contributed by atoms with Crippen LogP contribution in [0.4, 0.5) is 11.6 Å². The smallest absolute Gasteiger partial charge is 0.306 e. The van der Waals surface area contributed by atoms with Gasteiger partial charge in [0.15, 0.2) is 0 Å². The monoisotopic (exact) mass is 496 g/mol. The standard InChI is InChI=1S/C21H21ClN10O3/c1-9(26-17-15(16(23)24-8-25-17)18-28-30-31(2)29-18)19-27-13-5-3-4-12(22)14(13)20(33)32(19)11-6-10(7-11)21(34)35/h3-5,8-11H,6-7H2,1-2H3,(H,34,35)(H3,23,24,25,26). The van der Waals surface area contributed by atoms with Gasteiger partial charge in [0.2, 0.25) is 5.82 Å². The Bertz CT molecular complexity index is 1510. The van der Waals surface area contributed by atoms with Gasteiger partial charge in [-0.25, -0.2) is 15.0 Å². The Morgan fingerprint density at radius 3 is 2.77 bits per heavy atom. The first-order chi connectivity index (χ1) is 16.7. The molecule has 0 spiro atoms. The first-order valence-corrected chi connectivity index (χ1v) is 11.2. The van der Waals surface area contributed by atoms with Crippen LogP contribution in [0, 0.1) is 5.92 Å². The quantitative estimate of drug-likeness (QED) is 0.354. The molecule has 180 valence electrons. The summed E-state index contributed by atoms with van der Waals surface area (Å²) in [5.74, 6) is -0.260. The highest BCUT2D eigenvalue weighted by Crippen LogP contribution is 2.39. The fourth-order valence-corrected chi connectivity index (χ4v) is 4.51. The highest BCUT2D eigenvalue weighted by Gasteiger charge is 2.38. The zero-order chi connectivity index (χ0) is 24.9. The van der Waals surface area contributed by atoms with Crippen LogP contribution in [0.15, 0.2) is 29.3 Å². The first-order valence-electron chi connectivity index (χ1n) is 10.8. The number of nitrogens with one attached hydrogen (secondary N) is 1. The second-order valence-electron chi connectivity index (χ2n) is 8.39. The second-order valence-corrected chi connectivity index (χ2v) is 8.80. The summed E-state index contributed by atoms with van der Waals surface area (Å²) in [4.78, 5) is 39.3. The topological polar surface area (TPSA) is 180 Å². The van der Waals surface area contributed by atoms with Crippen LogP contribution < -0.4 is 16.6 Å². The van der Waals surface area contributed by atoms with Gasteiger partial charge in [0.05, 0.1) is 34.9 Å². The number of rotatable bonds is 6. The SMILES string of the molecule is CC(Nc1ncnc(N)c1-c1nnn(C)n1)c1nc2cccc(Cl)c2c(=O)n1C1CC(C(=O)O)C1. The van der Waals surface area contributed by atoms with Crippen LogP contribution in [0.3, 0.4) is 0 Å². The number of tetrazole rings is 1. The number of benzene rings is 1. The third-order valence-electron chi connectivity index (χ3n) is 6.08. The molecule has 4 N–H and O–H groups in total. The minimum Gasteiger partial charge on any atom is -0.481 e. The van der Waals surface area contributed by atoms with Crippen molar-refractivity contribution >= 4 is 40.1 Å². The van der Waals surface area contributed by atoms with E-state index in [9.17, 15) is 14.7 Å². The Hall–Kier alpha value is -4.13. The number of aryl methyl sites for hydroxylation is 1. The number of aromatic nitrogens is 8. The molecule has 1 atom stereocenters. The Morgan fingerprint density at radius 1 is 1.31 bits per heavy atom. The van der Waals surface area contributed by atoms with Crippen molar-refractivity contribution in [1.82, 2.24) is 39.7 Å². The van der Waals surface area contributed by atoms with Gasteiger partial charge < -0.3 is 16.2 Å². The van der Waals surface area contributed by atoms with Gasteiger partial charge in [0.1, 0.15) is 29.4 Å². The fraction of sp³-hybridized carbons (Fsp3) is 0.333. The molecule has 0 saturated heterocycles. The summed E-state index contributed by atoms with van der Waals surface area (Å²) in [6, 6.07) is 4.19. The number of aliphatic carboxylic acids is 1. The molecule has 0 bridgehead atoms.